The lowest BCUT2D eigenvalue weighted by atomic mass is 10.2. The normalized spacial score (nSPS) is 11.8. The zero-order valence-electron chi connectivity index (χ0n) is 13.7. The summed E-state index contributed by atoms with van der Waals surface area (Å²) in [4.78, 5) is 12.9. The lowest BCUT2D eigenvalue weighted by molar-refractivity contribution is -0.111. The van der Waals surface area contributed by atoms with Crippen molar-refractivity contribution in [2.75, 3.05) is 16.3 Å². The number of amides is 1. The van der Waals surface area contributed by atoms with Gasteiger partial charge >= 0.3 is 0 Å². The zero-order chi connectivity index (χ0) is 18.7. The van der Waals surface area contributed by atoms with Crippen LogP contribution in [0.2, 0.25) is 5.02 Å². The lowest BCUT2D eigenvalue weighted by Crippen LogP contribution is -2.11. The van der Waals surface area contributed by atoms with E-state index in [0.717, 1.165) is 21.2 Å². The molecule has 2 N–H and O–H groups in total. The second-order valence-corrected chi connectivity index (χ2v) is 8.76. The minimum Gasteiger partial charge on any atom is -0.322 e. The summed E-state index contributed by atoms with van der Waals surface area (Å²) >= 11 is 7.85. The maximum absolute atomic E-state index is 12.1. The standard InChI is InChI=1S/C18H15ClN2O3S2/c1-26(23,24)21-13-6-4-5-12(11-13)20-17(22)10-9-16-18(19)14-7-2-3-8-15(14)25-16/h2-11,21H,1H3,(H,20,22). The Bertz CT molecular complexity index is 1100. The van der Waals surface area contributed by atoms with Gasteiger partial charge in [0, 0.05) is 26.7 Å². The Hall–Kier alpha value is -2.35. The molecule has 0 unspecified atom stereocenters. The van der Waals surface area contributed by atoms with Crippen LogP contribution in [0.3, 0.4) is 0 Å². The molecule has 0 aliphatic carbocycles. The molecule has 1 aromatic heterocycles. The molecule has 1 heterocycles. The summed E-state index contributed by atoms with van der Waals surface area (Å²) in [6, 6.07) is 14.2. The van der Waals surface area contributed by atoms with Crippen molar-refractivity contribution in [1.29, 1.82) is 0 Å². The molecule has 3 aromatic rings. The molecule has 0 saturated carbocycles. The Morgan fingerprint density at radius 1 is 1.12 bits per heavy atom. The SMILES string of the molecule is CS(=O)(=O)Nc1cccc(NC(=O)C=Cc2sc3ccccc3c2Cl)c1. The number of carbonyl (C=O) groups excluding carboxylic acids is 1. The fraction of sp³-hybridized carbons (Fsp3) is 0.0556. The average molecular weight is 407 g/mol. The molecule has 0 bridgehead atoms. The minimum absolute atomic E-state index is 0.338. The summed E-state index contributed by atoms with van der Waals surface area (Å²) in [6.07, 6.45) is 4.13. The van der Waals surface area contributed by atoms with Crippen LogP contribution in [0.5, 0.6) is 0 Å². The van der Waals surface area contributed by atoms with Crippen LogP contribution in [0, 0.1) is 0 Å². The van der Waals surface area contributed by atoms with Crippen molar-refractivity contribution < 1.29 is 13.2 Å². The first-order valence-electron chi connectivity index (χ1n) is 7.56. The molecule has 8 heteroatoms. The van der Waals surface area contributed by atoms with E-state index < -0.39 is 10.0 Å². The number of sulfonamides is 1. The highest BCUT2D eigenvalue weighted by atomic mass is 35.5. The van der Waals surface area contributed by atoms with Crippen molar-refractivity contribution in [3.05, 3.63) is 64.5 Å². The van der Waals surface area contributed by atoms with Crippen molar-refractivity contribution in [3.8, 4) is 0 Å². The number of carbonyl (C=O) groups is 1. The Morgan fingerprint density at radius 3 is 2.58 bits per heavy atom. The fourth-order valence-corrected chi connectivity index (χ4v) is 4.30. The van der Waals surface area contributed by atoms with E-state index in [1.807, 2.05) is 24.3 Å². The van der Waals surface area contributed by atoms with Gasteiger partial charge in [0.25, 0.3) is 0 Å². The van der Waals surface area contributed by atoms with E-state index in [2.05, 4.69) is 10.0 Å². The second kappa shape index (κ2) is 7.49. The number of rotatable bonds is 5. The fourth-order valence-electron chi connectivity index (χ4n) is 2.35. The third-order valence-electron chi connectivity index (χ3n) is 3.38. The number of fused-ring (bicyclic) bond motifs is 1. The number of halogens is 1. The van der Waals surface area contributed by atoms with Crippen LogP contribution in [0.1, 0.15) is 4.88 Å². The molecule has 2 aromatic carbocycles. The van der Waals surface area contributed by atoms with E-state index in [4.69, 9.17) is 11.6 Å². The predicted molar refractivity (Wildman–Crippen MR) is 109 cm³/mol. The second-order valence-electron chi connectivity index (χ2n) is 5.55. The number of thiophene rings is 1. The summed E-state index contributed by atoms with van der Waals surface area (Å²) in [5, 5.41) is 4.27. The van der Waals surface area contributed by atoms with Gasteiger partial charge in [-0.2, -0.15) is 0 Å². The van der Waals surface area contributed by atoms with Gasteiger partial charge in [-0.25, -0.2) is 8.42 Å². The van der Waals surface area contributed by atoms with Crippen LogP contribution in [-0.4, -0.2) is 20.6 Å². The number of nitrogens with one attached hydrogen (secondary N) is 2. The topological polar surface area (TPSA) is 75.3 Å². The molecule has 0 aliphatic heterocycles. The highest BCUT2D eigenvalue weighted by Crippen LogP contribution is 2.35. The molecule has 1 amide bonds. The smallest absolute Gasteiger partial charge is 0.248 e. The van der Waals surface area contributed by atoms with Gasteiger partial charge < -0.3 is 5.32 Å². The summed E-state index contributed by atoms with van der Waals surface area (Å²) in [5.41, 5.74) is 0.859. The van der Waals surface area contributed by atoms with Crippen molar-refractivity contribution in [1.82, 2.24) is 0 Å². The molecule has 26 heavy (non-hydrogen) atoms. The van der Waals surface area contributed by atoms with E-state index >= 15 is 0 Å². The van der Waals surface area contributed by atoms with E-state index in [0.29, 0.717) is 16.4 Å². The van der Waals surface area contributed by atoms with Crippen LogP contribution in [-0.2, 0) is 14.8 Å². The lowest BCUT2D eigenvalue weighted by Gasteiger charge is -2.06. The Kier molecular flexibility index (Phi) is 5.31. The van der Waals surface area contributed by atoms with Gasteiger partial charge in [0.15, 0.2) is 0 Å². The highest BCUT2D eigenvalue weighted by molar-refractivity contribution is 7.92. The molecule has 0 radical (unpaired) electrons. The molecule has 0 spiro atoms. The molecule has 0 atom stereocenters. The first-order valence-corrected chi connectivity index (χ1v) is 10.6. The Balaban J connectivity index is 1.73. The van der Waals surface area contributed by atoms with E-state index in [1.54, 1.807) is 30.3 Å². The number of anilines is 2. The maximum atomic E-state index is 12.1. The molecule has 0 aliphatic rings. The average Bonchev–Trinajstić information content (AvgIpc) is 2.88. The van der Waals surface area contributed by atoms with Crippen LogP contribution in [0.25, 0.3) is 16.2 Å². The summed E-state index contributed by atoms with van der Waals surface area (Å²) in [7, 11) is -3.38. The van der Waals surface area contributed by atoms with Crippen molar-refractivity contribution in [3.63, 3.8) is 0 Å². The molecule has 5 nitrogen and oxygen atoms in total. The largest absolute Gasteiger partial charge is 0.322 e. The summed E-state index contributed by atoms with van der Waals surface area (Å²) in [6.45, 7) is 0. The quantitative estimate of drug-likeness (QED) is 0.609. The third kappa shape index (κ3) is 4.63. The maximum Gasteiger partial charge on any atom is 0.248 e. The third-order valence-corrected chi connectivity index (χ3v) is 5.64. The number of hydrogen-bond acceptors (Lipinski definition) is 4. The first-order chi connectivity index (χ1) is 12.3. The van der Waals surface area contributed by atoms with Crippen molar-refractivity contribution >= 4 is 66.4 Å². The van der Waals surface area contributed by atoms with Crippen molar-refractivity contribution in [2.45, 2.75) is 0 Å². The molecule has 134 valence electrons. The van der Waals surface area contributed by atoms with Gasteiger partial charge in [-0.1, -0.05) is 35.9 Å². The van der Waals surface area contributed by atoms with Crippen molar-refractivity contribution in [2.24, 2.45) is 0 Å². The Labute approximate surface area is 160 Å². The number of benzene rings is 2. The van der Waals surface area contributed by atoms with Crippen LogP contribution >= 0.6 is 22.9 Å². The molecular weight excluding hydrogens is 392 g/mol. The Morgan fingerprint density at radius 2 is 1.85 bits per heavy atom. The zero-order valence-corrected chi connectivity index (χ0v) is 16.1. The van der Waals surface area contributed by atoms with E-state index in [1.165, 1.54) is 17.4 Å². The monoisotopic (exact) mass is 406 g/mol. The van der Waals surface area contributed by atoms with Gasteiger partial charge in [0.2, 0.25) is 15.9 Å². The highest BCUT2D eigenvalue weighted by Gasteiger charge is 2.08. The molecule has 0 saturated heterocycles. The van der Waals surface area contributed by atoms with Gasteiger partial charge in [0.05, 0.1) is 17.0 Å². The van der Waals surface area contributed by atoms with Crippen LogP contribution in [0.4, 0.5) is 11.4 Å². The summed E-state index contributed by atoms with van der Waals surface area (Å²) in [5.74, 6) is -0.338. The van der Waals surface area contributed by atoms with Crippen LogP contribution < -0.4 is 10.0 Å². The minimum atomic E-state index is -3.38. The number of hydrogen-bond donors (Lipinski definition) is 2. The van der Waals surface area contributed by atoms with Gasteiger partial charge in [-0.3, -0.25) is 9.52 Å². The first kappa shape index (κ1) is 18.4. The molecule has 0 fully saturated rings. The van der Waals surface area contributed by atoms with Gasteiger partial charge in [0.1, 0.15) is 0 Å². The molecule has 3 rings (SSSR count). The van der Waals surface area contributed by atoms with Crippen LogP contribution in [0.15, 0.2) is 54.6 Å². The molecular formula is C18H15ClN2O3S2. The van der Waals surface area contributed by atoms with Gasteiger partial charge in [-0.15, -0.1) is 11.3 Å². The van der Waals surface area contributed by atoms with E-state index in [-0.39, 0.29) is 5.91 Å². The van der Waals surface area contributed by atoms with Gasteiger partial charge in [-0.05, 0) is 30.3 Å². The summed E-state index contributed by atoms with van der Waals surface area (Å²) < 4.78 is 26.0. The predicted octanol–water partition coefficient (Wildman–Crippen LogP) is 4.58. The van der Waals surface area contributed by atoms with E-state index in [9.17, 15) is 13.2 Å².